The summed E-state index contributed by atoms with van der Waals surface area (Å²) in [6, 6.07) is 14.3. The van der Waals surface area contributed by atoms with Gasteiger partial charge in [-0.3, -0.25) is 4.98 Å². The van der Waals surface area contributed by atoms with Crippen LogP contribution in [0.3, 0.4) is 0 Å². The highest BCUT2D eigenvalue weighted by Crippen LogP contribution is 2.21. The van der Waals surface area contributed by atoms with Crippen LogP contribution >= 0.6 is 0 Å². The average molecular weight is 335 g/mol. The summed E-state index contributed by atoms with van der Waals surface area (Å²) in [5, 5.41) is 0. The van der Waals surface area contributed by atoms with E-state index in [2.05, 4.69) is 42.5 Å². The van der Waals surface area contributed by atoms with Gasteiger partial charge < -0.3 is 9.30 Å². The van der Waals surface area contributed by atoms with Crippen molar-refractivity contribution in [3.63, 3.8) is 0 Å². The Morgan fingerprint density at radius 3 is 2.36 bits per heavy atom. The molecule has 0 saturated carbocycles. The van der Waals surface area contributed by atoms with Gasteiger partial charge in [-0.1, -0.05) is 44.2 Å². The summed E-state index contributed by atoms with van der Waals surface area (Å²) >= 11 is 0. The van der Waals surface area contributed by atoms with E-state index >= 15 is 0 Å². The van der Waals surface area contributed by atoms with Gasteiger partial charge >= 0.3 is 0 Å². The third kappa shape index (κ3) is 4.34. The molecule has 0 aliphatic carbocycles. The summed E-state index contributed by atoms with van der Waals surface area (Å²) in [5.74, 6) is 1.38. The molecular weight excluding hydrogens is 310 g/mol. The van der Waals surface area contributed by atoms with Crippen LogP contribution in [0.4, 0.5) is 0 Å². The van der Waals surface area contributed by atoms with Crippen LogP contribution in [-0.4, -0.2) is 14.5 Å². The van der Waals surface area contributed by atoms with Gasteiger partial charge in [-0.2, -0.15) is 0 Å². The third-order valence-electron chi connectivity index (χ3n) is 4.32. The molecule has 0 bridgehead atoms. The van der Waals surface area contributed by atoms with Crippen molar-refractivity contribution in [2.75, 3.05) is 0 Å². The Morgan fingerprint density at radius 2 is 1.68 bits per heavy atom. The van der Waals surface area contributed by atoms with Gasteiger partial charge in [-0.05, 0) is 36.1 Å². The van der Waals surface area contributed by atoms with E-state index < -0.39 is 0 Å². The molecule has 2 aromatic heterocycles. The Balaban J connectivity index is 1.78. The standard InChI is InChI=1S/C21H25N3O/c1-16(2)21-17(3)24(13-18-9-11-22-12-10-18)20(23-21)15-25-14-19-7-5-4-6-8-19/h4-12,16H,13-15H2,1-3H3. The molecule has 0 unspecified atom stereocenters. The molecule has 0 fully saturated rings. The SMILES string of the molecule is Cc1c(C(C)C)nc(COCc2ccccc2)n1Cc1ccncc1. The van der Waals surface area contributed by atoms with Crippen LogP contribution in [0.2, 0.25) is 0 Å². The number of rotatable bonds is 7. The molecule has 4 nitrogen and oxygen atoms in total. The Morgan fingerprint density at radius 1 is 0.960 bits per heavy atom. The maximum absolute atomic E-state index is 5.94. The highest BCUT2D eigenvalue weighted by atomic mass is 16.5. The normalized spacial score (nSPS) is 11.2. The van der Waals surface area contributed by atoms with E-state index in [1.54, 1.807) is 0 Å². The number of pyridine rings is 1. The summed E-state index contributed by atoms with van der Waals surface area (Å²) in [4.78, 5) is 8.96. The molecule has 4 heteroatoms. The smallest absolute Gasteiger partial charge is 0.135 e. The zero-order valence-electron chi connectivity index (χ0n) is 15.1. The number of hydrogen-bond donors (Lipinski definition) is 0. The fraction of sp³-hybridized carbons (Fsp3) is 0.333. The topological polar surface area (TPSA) is 39.9 Å². The fourth-order valence-electron chi connectivity index (χ4n) is 2.98. The molecule has 1 aromatic carbocycles. The summed E-state index contributed by atoms with van der Waals surface area (Å²) in [6.07, 6.45) is 3.66. The van der Waals surface area contributed by atoms with Crippen molar-refractivity contribution in [3.05, 3.63) is 83.2 Å². The van der Waals surface area contributed by atoms with E-state index in [0.717, 1.165) is 18.1 Å². The highest BCUT2D eigenvalue weighted by Gasteiger charge is 2.16. The average Bonchev–Trinajstić information content (AvgIpc) is 2.93. The van der Waals surface area contributed by atoms with Crippen molar-refractivity contribution in [1.29, 1.82) is 0 Å². The molecular formula is C21H25N3O. The lowest BCUT2D eigenvalue weighted by Gasteiger charge is -2.11. The Labute approximate surface area is 149 Å². The second-order valence-corrected chi connectivity index (χ2v) is 6.57. The molecule has 0 aliphatic rings. The van der Waals surface area contributed by atoms with Crippen LogP contribution in [-0.2, 0) is 24.5 Å². The molecule has 0 spiro atoms. The zero-order chi connectivity index (χ0) is 17.6. The van der Waals surface area contributed by atoms with Crippen LogP contribution in [0.25, 0.3) is 0 Å². The van der Waals surface area contributed by atoms with Crippen molar-refractivity contribution < 1.29 is 4.74 Å². The van der Waals surface area contributed by atoms with Gasteiger partial charge in [0.1, 0.15) is 12.4 Å². The van der Waals surface area contributed by atoms with E-state index in [4.69, 9.17) is 9.72 Å². The molecule has 0 aliphatic heterocycles. The van der Waals surface area contributed by atoms with Crippen molar-refractivity contribution in [1.82, 2.24) is 14.5 Å². The van der Waals surface area contributed by atoms with Crippen molar-refractivity contribution >= 4 is 0 Å². The van der Waals surface area contributed by atoms with Gasteiger partial charge in [-0.15, -0.1) is 0 Å². The Kier molecular flexibility index (Phi) is 5.61. The van der Waals surface area contributed by atoms with Gasteiger partial charge in [0.2, 0.25) is 0 Å². The van der Waals surface area contributed by atoms with Crippen LogP contribution < -0.4 is 0 Å². The summed E-state index contributed by atoms with van der Waals surface area (Å²) in [7, 11) is 0. The van der Waals surface area contributed by atoms with Crippen molar-refractivity contribution in [3.8, 4) is 0 Å². The van der Waals surface area contributed by atoms with Crippen molar-refractivity contribution in [2.45, 2.75) is 46.4 Å². The number of ether oxygens (including phenoxy) is 1. The molecule has 25 heavy (non-hydrogen) atoms. The number of benzene rings is 1. The van der Waals surface area contributed by atoms with Gasteiger partial charge in [0.15, 0.2) is 0 Å². The minimum Gasteiger partial charge on any atom is -0.369 e. The number of nitrogens with zero attached hydrogens (tertiary/aromatic N) is 3. The maximum atomic E-state index is 5.94. The van der Waals surface area contributed by atoms with Gasteiger partial charge in [0, 0.05) is 24.6 Å². The van der Waals surface area contributed by atoms with Gasteiger partial charge in [0.05, 0.1) is 12.3 Å². The number of imidazole rings is 1. The van der Waals surface area contributed by atoms with E-state index in [-0.39, 0.29) is 0 Å². The largest absolute Gasteiger partial charge is 0.369 e. The van der Waals surface area contributed by atoms with Crippen molar-refractivity contribution in [2.24, 2.45) is 0 Å². The number of hydrogen-bond acceptors (Lipinski definition) is 3. The molecule has 0 saturated heterocycles. The second-order valence-electron chi connectivity index (χ2n) is 6.57. The third-order valence-corrected chi connectivity index (χ3v) is 4.32. The molecule has 0 atom stereocenters. The lowest BCUT2D eigenvalue weighted by Crippen LogP contribution is -2.09. The fourth-order valence-corrected chi connectivity index (χ4v) is 2.98. The van der Waals surface area contributed by atoms with Gasteiger partial charge in [-0.25, -0.2) is 4.98 Å². The zero-order valence-corrected chi connectivity index (χ0v) is 15.1. The lowest BCUT2D eigenvalue weighted by atomic mass is 10.1. The first-order valence-corrected chi connectivity index (χ1v) is 8.71. The Bertz CT molecular complexity index is 795. The molecule has 130 valence electrons. The van der Waals surface area contributed by atoms with E-state index in [9.17, 15) is 0 Å². The minimum atomic E-state index is 0.395. The predicted octanol–water partition coefficient (Wildman–Crippen LogP) is 4.48. The predicted molar refractivity (Wildman–Crippen MR) is 99.3 cm³/mol. The molecule has 0 radical (unpaired) electrons. The Hall–Kier alpha value is -2.46. The van der Waals surface area contributed by atoms with E-state index in [1.807, 2.05) is 42.7 Å². The molecule has 3 aromatic rings. The quantitative estimate of drug-likeness (QED) is 0.639. The summed E-state index contributed by atoms with van der Waals surface area (Å²) in [5.41, 5.74) is 4.75. The first kappa shape index (κ1) is 17.4. The maximum Gasteiger partial charge on any atom is 0.135 e. The van der Waals surface area contributed by atoms with Crippen LogP contribution in [0, 0.1) is 6.92 Å². The van der Waals surface area contributed by atoms with E-state index in [0.29, 0.717) is 19.1 Å². The first-order valence-electron chi connectivity index (χ1n) is 8.71. The van der Waals surface area contributed by atoms with E-state index in [1.165, 1.54) is 16.8 Å². The molecule has 0 amide bonds. The van der Waals surface area contributed by atoms with Gasteiger partial charge in [0.25, 0.3) is 0 Å². The highest BCUT2D eigenvalue weighted by molar-refractivity contribution is 5.22. The summed E-state index contributed by atoms with van der Waals surface area (Å²) < 4.78 is 8.20. The minimum absolute atomic E-state index is 0.395. The first-order chi connectivity index (χ1) is 12.1. The van der Waals surface area contributed by atoms with Crippen LogP contribution in [0.1, 0.15) is 48.1 Å². The second kappa shape index (κ2) is 8.08. The van der Waals surface area contributed by atoms with Crippen LogP contribution in [0.15, 0.2) is 54.9 Å². The molecule has 2 heterocycles. The number of aromatic nitrogens is 3. The molecule has 0 N–H and O–H groups in total. The lowest BCUT2D eigenvalue weighted by molar-refractivity contribution is 0.0994. The van der Waals surface area contributed by atoms with Crippen LogP contribution in [0.5, 0.6) is 0 Å². The monoisotopic (exact) mass is 335 g/mol. The summed E-state index contributed by atoms with van der Waals surface area (Å²) in [6.45, 7) is 8.40. The molecule has 3 rings (SSSR count).